The lowest BCUT2D eigenvalue weighted by Crippen LogP contribution is -2.22. The Morgan fingerprint density at radius 3 is 1.67 bits per heavy atom. The fraction of sp³-hybridized carbons (Fsp3) is 0.0690. The largest absolute Gasteiger partial charge is 0.456 e. The molecule has 0 N–H and O–H groups in total. The van der Waals surface area contributed by atoms with Crippen LogP contribution in [-0.4, -0.2) is 0 Å². The average Bonchev–Trinajstić information content (AvgIpc) is 3.92. The third-order valence-corrected chi connectivity index (χ3v) is 13.7. The van der Waals surface area contributed by atoms with Crippen LogP contribution in [0.5, 0.6) is 0 Å². The van der Waals surface area contributed by atoms with Crippen LogP contribution < -0.4 is 4.90 Å². The lowest BCUT2D eigenvalue weighted by molar-refractivity contribution is 0.669. The molecule has 284 valence electrons. The summed E-state index contributed by atoms with van der Waals surface area (Å²) in [6, 6.07) is 78.0. The van der Waals surface area contributed by atoms with E-state index in [0.717, 1.165) is 50.1 Å². The summed E-state index contributed by atoms with van der Waals surface area (Å²) >= 11 is 0. The summed E-state index contributed by atoms with van der Waals surface area (Å²) in [6.07, 6.45) is 0. The van der Waals surface area contributed by atoms with Gasteiger partial charge in [-0.25, -0.2) is 0 Å². The molecule has 0 saturated heterocycles. The van der Waals surface area contributed by atoms with Gasteiger partial charge in [-0.1, -0.05) is 164 Å². The first-order valence-corrected chi connectivity index (χ1v) is 20.9. The Bertz CT molecular complexity index is 3290. The molecule has 2 unspecified atom stereocenters. The Kier molecular flexibility index (Phi) is 7.52. The molecule has 0 fully saturated rings. The van der Waals surface area contributed by atoms with Crippen LogP contribution in [0.4, 0.5) is 17.1 Å². The first-order chi connectivity index (χ1) is 29.5. The van der Waals surface area contributed by atoms with Gasteiger partial charge in [-0.05, 0) is 124 Å². The number of furan rings is 1. The third kappa shape index (κ3) is 4.88. The molecule has 0 amide bonds. The molecule has 2 nitrogen and oxygen atoms in total. The molecule has 10 aromatic rings. The second kappa shape index (κ2) is 13.0. The third-order valence-electron chi connectivity index (χ3n) is 13.7. The Hall–Kier alpha value is -7.42. The molecule has 2 aliphatic rings. The van der Waals surface area contributed by atoms with Crippen molar-refractivity contribution < 1.29 is 4.42 Å². The van der Waals surface area contributed by atoms with Gasteiger partial charge >= 0.3 is 0 Å². The molecule has 12 rings (SSSR count). The average molecular weight is 768 g/mol. The van der Waals surface area contributed by atoms with E-state index in [-0.39, 0.29) is 10.8 Å². The van der Waals surface area contributed by atoms with E-state index >= 15 is 0 Å². The normalized spacial score (nSPS) is 17.3. The minimum absolute atomic E-state index is 0.274. The SMILES string of the molecule is CC1(c2ccccc2)c2ccccc2-c2cc(N(c3ccc(-c4ccc5oc6ccccc6c5c4)cc3)c3cccc4c3-c3ccccc3C4(C)c3ccccc3)ccc21. The Labute approximate surface area is 350 Å². The number of rotatable bonds is 6. The lowest BCUT2D eigenvalue weighted by atomic mass is 9.74. The maximum absolute atomic E-state index is 6.18. The molecule has 2 aliphatic carbocycles. The standard InChI is InChI=1S/C58H41NO/c1-57(40-16-5-3-6-17-40)49-23-12-9-20-44(49)47-37-43(33-34-51(47)57)59(42-31-28-38(29-32-42)39-30-35-55-48(36-39)45-21-11-14-27-54(45)60-55)53-26-15-25-52-56(53)46-22-10-13-24-50(46)58(52,2)41-18-7-4-8-19-41/h3-37H,1-2H3. The highest BCUT2D eigenvalue weighted by Crippen LogP contribution is 2.58. The van der Waals surface area contributed by atoms with Gasteiger partial charge in [-0.3, -0.25) is 0 Å². The monoisotopic (exact) mass is 767 g/mol. The highest BCUT2D eigenvalue weighted by atomic mass is 16.3. The first-order valence-electron chi connectivity index (χ1n) is 20.9. The number of nitrogens with zero attached hydrogens (tertiary/aromatic N) is 1. The Balaban J connectivity index is 1.07. The molecule has 0 radical (unpaired) electrons. The highest BCUT2D eigenvalue weighted by Gasteiger charge is 2.43. The summed E-state index contributed by atoms with van der Waals surface area (Å²) in [4.78, 5) is 2.49. The summed E-state index contributed by atoms with van der Waals surface area (Å²) < 4.78 is 6.18. The van der Waals surface area contributed by atoms with Crippen molar-refractivity contribution in [3.05, 3.63) is 246 Å². The molecule has 1 heterocycles. The number of para-hydroxylation sites is 1. The molecule has 2 heteroatoms. The quantitative estimate of drug-likeness (QED) is 0.168. The van der Waals surface area contributed by atoms with E-state index < -0.39 is 0 Å². The molecular weight excluding hydrogens is 727 g/mol. The predicted molar refractivity (Wildman–Crippen MR) is 249 cm³/mol. The van der Waals surface area contributed by atoms with Crippen molar-refractivity contribution in [1.29, 1.82) is 0 Å². The van der Waals surface area contributed by atoms with Gasteiger partial charge in [-0.15, -0.1) is 0 Å². The molecular formula is C58H41NO. The minimum Gasteiger partial charge on any atom is -0.456 e. The van der Waals surface area contributed by atoms with Crippen molar-refractivity contribution in [2.45, 2.75) is 24.7 Å². The van der Waals surface area contributed by atoms with Crippen molar-refractivity contribution in [3.8, 4) is 33.4 Å². The van der Waals surface area contributed by atoms with Crippen LogP contribution in [0.3, 0.4) is 0 Å². The van der Waals surface area contributed by atoms with Gasteiger partial charge in [0.1, 0.15) is 11.2 Å². The summed E-state index contributed by atoms with van der Waals surface area (Å²) in [5.74, 6) is 0. The summed E-state index contributed by atoms with van der Waals surface area (Å²) in [6.45, 7) is 4.78. The zero-order valence-corrected chi connectivity index (χ0v) is 33.6. The van der Waals surface area contributed by atoms with Gasteiger partial charge < -0.3 is 9.32 Å². The van der Waals surface area contributed by atoms with Gasteiger partial charge in [0, 0.05) is 38.5 Å². The van der Waals surface area contributed by atoms with Crippen LogP contribution in [0, 0.1) is 0 Å². The summed E-state index contributed by atoms with van der Waals surface area (Å²) in [5.41, 5.74) is 20.0. The summed E-state index contributed by atoms with van der Waals surface area (Å²) in [5, 5.41) is 2.27. The molecule has 0 bridgehead atoms. The highest BCUT2D eigenvalue weighted by molar-refractivity contribution is 6.06. The smallest absolute Gasteiger partial charge is 0.135 e. The van der Waals surface area contributed by atoms with E-state index in [4.69, 9.17) is 4.42 Å². The van der Waals surface area contributed by atoms with Crippen molar-refractivity contribution >= 4 is 39.0 Å². The van der Waals surface area contributed by atoms with Gasteiger partial charge in [0.05, 0.1) is 5.69 Å². The first kappa shape index (κ1) is 34.6. The van der Waals surface area contributed by atoms with E-state index in [1.54, 1.807) is 0 Å². The molecule has 0 saturated carbocycles. The number of fused-ring (bicyclic) bond motifs is 9. The van der Waals surface area contributed by atoms with E-state index in [1.165, 1.54) is 55.6 Å². The second-order valence-corrected chi connectivity index (χ2v) is 16.7. The van der Waals surface area contributed by atoms with Crippen molar-refractivity contribution in [2.24, 2.45) is 0 Å². The fourth-order valence-corrected chi connectivity index (χ4v) is 10.6. The van der Waals surface area contributed by atoms with Crippen LogP contribution in [-0.2, 0) is 10.8 Å². The number of hydrogen-bond donors (Lipinski definition) is 0. The Morgan fingerprint density at radius 2 is 0.917 bits per heavy atom. The fourth-order valence-electron chi connectivity index (χ4n) is 10.6. The van der Waals surface area contributed by atoms with Crippen LogP contribution in [0.2, 0.25) is 0 Å². The van der Waals surface area contributed by atoms with Gasteiger partial charge in [-0.2, -0.15) is 0 Å². The van der Waals surface area contributed by atoms with Crippen LogP contribution in [0.1, 0.15) is 47.2 Å². The molecule has 1 aromatic heterocycles. The Morgan fingerprint density at radius 1 is 0.367 bits per heavy atom. The molecule has 2 atom stereocenters. The number of anilines is 3. The molecule has 9 aromatic carbocycles. The van der Waals surface area contributed by atoms with E-state index in [2.05, 4.69) is 219 Å². The minimum atomic E-state index is -0.316. The van der Waals surface area contributed by atoms with Crippen molar-refractivity contribution in [1.82, 2.24) is 0 Å². The maximum atomic E-state index is 6.18. The zero-order chi connectivity index (χ0) is 40.0. The van der Waals surface area contributed by atoms with Crippen molar-refractivity contribution in [2.75, 3.05) is 4.90 Å². The molecule has 60 heavy (non-hydrogen) atoms. The lowest BCUT2D eigenvalue weighted by Gasteiger charge is -2.31. The van der Waals surface area contributed by atoms with Gasteiger partial charge in [0.15, 0.2) is 0 Å². The number of benzene rings is 9. The van der Waals surface area contributed by atoms with Gasteiger partial charge in [0.2, 0.25) is 0 Å². The number of hydrogen-bond acceptors (Lipinski definition) is 2. The van der Waals surface area contributed by atoms with Crippen LogP contribution >= 0.6 is 0 Å². The topological polar surface area (TPSA) is 16.4 Å². The summed E-state index contributed by atoms with van der Waals surface area (Å²) in [7, 11) is 0. The van der Waals surface area contributed by atoms with E-state index in [0.29, 0.717) is 0 Å². The zero-order valence-electron chi connectivity index (χ0n) is 33.6. The maximum Gasteiger partial charge on any atom is 0.135 e. The van der Waals surface area contributed by atoms with Crippen LogP contribution in [0.15, 0.2) is 217 Å². The predicted octanol–water partition coefficient (Wildman–Crippen LogP) is 15.4. The molecule has 0 aliphatic heterocycles. The molecule has 0 spiro atoms. The second-order valence-electron chi connectivity index (χ2n) is 16.7. The van der Waals surface area contributed by atoms with Gasteiger partial charge in [0.25, 0.3) is 0 Å². The van der Waals surface area contributed by atoms with E-state index in [9.17, 15) is 0 Å². The van der Waals surface area contributed by atoms with Crippen LogP contribution in [0.25, 0.3) is 55.3 Å². The van der Waals surface area contributed by atoms with Crippen molar-refractivity contribution in [3.63, 3.8) is 0 Å². The van der Waals surface area contributed by atoms with E-state index in [1.807, 2.05) is 12.1 Å².